The molecule has 0 spiro atoms. The van der Waals surface area contributed by atoms with Gasteiger partial charge in [-0.15, -0.1) is 0 Å². The molecule has 148 valence electrons. The van der Waals surface area contributed by atoms with E-state index in [0.717, 1.165) is 0 Å². The van der Waals surface area contributed by atoms with E-state index in [-0.39, 0.29) is 44.0 Å². The van der Waals surface area contributed by atoms with Crippen molar-refractivity contribution in [3.8, 4) is 0 Å². The minimum absolute atomic E-state index is 0.0522. The van der Waals surface area contributed by atoms with Gasteiger partial charge in [-0.2, -0.15) is 15.0 Å². The molecule has 10 nitrogen and oxygen atoms in total. The van der Waals surface area contributed by atoms with Crippen molar-refractivity contribution >= 4 is 28.8 Å². The van der Waals surface area contributed by atoms with E-state index < -0.39 is 11.4 Å². The van der Waals surface area contributed by atoms with Crippen LogP contribution in [-0.2, 0) is 25.7 Å². The molecule has 1 N–H and O–H groups in total. The van der Waals surface area contributed by atoms with E-state index in [1.54, 1.807) is 4.90 Å². The van der Waals surface area contributed by atoms with Gasteiger partial charge in [-0.3, -0.25) is 14.4 Å². The van der Waals surface area contributed by atoms with Crippen molar-refractivity contribution in [2.24, 2.45) is 11.3 Å². The van der Waals surface area contributed by atoms with Crippen molar-refractivity contribution in [1.82, 2.24) is 24.8 Å². The smallest absolute Gasteiger partial charge is 0.313 e. The number of carbonyl (C=O) groups excluding carboxylic acids is 2. The Bertz CT molecular complexity index is 910. The highest BCUT2D eigenvalue weighted by Gasteiger charge is 2.59. The fourth-order valence-corrected chi connectivity index (χ4v) is 4.16. The first-order chi connectivity index (χ1) is 13.4. The molecule has 0 radical (unpaired) electrons. The number of carbonyl (C=O) groups is 3. The molecular formula is C18H21N5O5. The SMILES string of the molecule is COCC(=O)N1C[C@@H]2CN(C(=O)Cn3nc4ccccc4n3)C[C@]2(C(=O)O)C1. The number of likely N-dealkylation sites (tertiary alicyclic amines) is 2. The molecule has 28 heavy (non-hydrogen) atoms. The number of methoxy groups -OCH3 is 1. The number of ether oxygens (including phenoxy) is 1. The van der Waals surface area contributed by atoms with Crippen LogP contribution in [0.1, 0.15) is 0 Å². The van der Waals surface area contributed by atoms with Gasteiger partial charge in [0.25, 0.3) is 0 Å². The van der Waals surface area contributed by atoms with Gasteiger partial charge in [-0.1, -0.05) is 12.1 Å². The molecule has 2 aliphatic rings. The van der Waals surface area contributed by atoms with E-state index in [0.29, 0.717) is 24.1 Å². The van der Waals surface area contributed by atoms with E-state index in [2.05, 4.69) is 10.2 Å². The first-order valence-corrected chi connectivity index (χ1v) is 9.01. The number of amides is 2. The second kappa shape index (κ2) is 6.86. The summed E-state index contributed by atoms with van der Waals surface area (Å²) in [7, 11) is 1.43. The fourth-order valence-electron chi connectivity index (χ4n) is 4.16. The predicted molar refractivity (Wildman–Crippen MR) is 96.1 cm³/mol. The van der Waals surface area contributed by atoms with Gasteiger partial charge < -0.3 is 19.6 Å². The summed E-state index contributed by atoms with van der Waals surface area (Å²) in [5.74, 6) is -1.75. The van der Waals surface area contributed by atoms with Gasteiger partial charge in [0.05, 0.1) is 0 Å². The van der Waals surface area contributed by atoms with Gasteiger partial charge in [0, 0.05) is 39.2 Å². The highest BCUT2D eigenvalue weighted by Crippen LogP contribution is 2.43. The molecule has 0 bridgehead atoms. The Morgan fingerprint density at radius 3 is 2.18 bits per heavy atom. The lowest BCUT2D eigenvalue weighted by Gasteiger charge is -2.25. The van der Waals surface area contributed by atoms with E-state index in [4.69, 9.17) is 4.74 Å². The Morgan fingerprint density at radius 2 is 1.68 bits per heavy atom. The number of aliphatic carboxylic acids is 1. The molecule has 2 saturated heterocycles. The maximum Gasteiger partial charge on any atom is 0.313 e. The molecule has 0 saturated carbocycles. The number of rotatable bonds is 5. The quantitative estimate of drug-likeness (QED) is 0.731. The van der Waals surface area contributed by atoms with Crippen LogP contribution < -0.4 is 0 Å². The van der Waals surface area contributed by atoms with Crippen molar-refractivity contribution in [3.05, 3.63) is 24.3 Å². The predicted octanol–water partition coefficient (Wildman–Crippen LogP) is -0.551. The second-order valence-electron chi connectivity index (χ2n) is 7.36. The molecule has 0 unspecified atom stereocenters. The van der Waals surface area contributed by atoms with Crippen LogP contribution in [0.5, 0.6) is 0 Å². The molecule has 3 heterocycles. The number of aromatic nitrogens is 3. The normalized spacial score (nSPS) is 24.0. The standard InChI is InChI=1S/C18H21N5O5/c1-28-9-16(25)22-7-12-6-21(10-18(12,11-22)17(26)27)15(24)8-23-19-13-4-2-3-5-14(13)20-23/h2-5,12H,6-11H2,1H3,(H,26,27)/t12-,18-/m0/s1. The van der Waals surface area contributed by atoms with Crippen LogP contribution in [0.3, 0.4) is 0 Å². The summed E-state index contributed by atoms with van der Waals surface area (Å²) < 4.78 is 4.86. The number of carboxylic acids is 1. The zero-order valence-corrected chi connectivity index (χ0v) is 15.4. The van der Waals surface area contributed by atoms with E-state index >= 15 is 0 Å². The van der Waals surface area contributed by atoms with Gasteiger partial charge >= 0.3 is 5.97 Å². The monoisotopic (exact) mass is 387 g/mol. The third-order valence-electron chi connectivity index (χ3n) is 5.61. The third-order valence-corrected chi connectivity index (χ3v) is 5.61. The first kappa shape index (κ1) is 18.4. The van der Waals surface area contributed by atoms with Crippen molar-refractivity contribution in [2.45, 2.75) is 6.54 Å². The van der Waals surface area contributed by atoms with Crippen molar-refractivity contribution in [1.29, 1.82) is 0 Å². The molecule has 2 aromatic rings. The van der Waals surface area contributed by atoms with Gasteiger partial charge in [-0.25, -0.2) is 0 Å². The highest BCUT2D eigenvalue weighted by atomic mass is 16.5. The summed E-state index contributed by atoms with van der Waals surface area (Å²) in [6.45, 7) is 0.629. The summed E-state index contributed by atoms with van der Waals surface area (Å²) in [5, 5.41) is 18.4. The molecule has 1 aromatic heterocycles. The number of nitrogens with zero attached hydrogens (tertiary/aromatic N) is 5. The molecule has 1 aromatic carbocycles. The number of carboxylic acid groups (broad SMARTS) is 1. The molecule has 0 aliphatic carbocycles. The number of hydrogen-bond donors (Lipinski definition) is 1. The lowest BCUT2D eigenvalue weighted by atomic mass is 9.81. The van der Waals surface area contributed by atoms with Crippen molar-refractivity contribution in [3.63, 3.8) is 0 Å². The van der Waals surface area contributed by atoms with E-state index in [9.17, 15) is 19.5 Å². The van der Waals surface area contributed by atoms with Gasteiger partial charge in [0.2, 0.25) is 11.8 Å². The van der Waals surface area contributed by atoms with Crippen LogP contribution in [0.4, 0.5) is 0 Å². The second-order valence-corrected chi connectivity index (χ2v) is 7.36. The van der Waals surface area contributed by atoms with Crippen LogP contribution in [0.25, 0.3) is 11.0 Å². The molecule has 2 fully saturated rings. The van der Waals surface area contributed by atoms with E-state index in [1.807, 2.05) is 24.3 Å². The Morgan fingerprint density at radius 1 is 1.11 bits per heavy atom. The fraction of sp³-hybridized carbons (Fsp3) is 0.500. The van der Waals surface area contributed by atoms with Crippen LogP contribution in [0.2, 0.25) is 0 Å². The maximum atomic E-state index is 12.7. The minimum atomic E-state index is -1.14. The Kier molecular flexibility index (Phi) is 4.50. The molecular weight excluding hydrogens is 366 g/mol. The average Bonchev–Trinajstić information content (AvgIpc) is 3.31. The minimum Gasteiger partial charge on any atom is -0.481 e. The summed E-state index contributed by atoms with van der Waals surface area (Å²) in [6, 6.07) is 7.32. The molecule has 2 atom stereocenters. The lowest BCUT2D eigenvalue weighted by molar-refractivity contribution is -0.149. The molecule has 2 amide bonds. The highest BCUT2D eigenvalue weighted by molar-refractivity contribution is 5.84. The topological polar surface area (TPSA) is 118 Å². The van der Waals surface area contributed by atoms with Gasteiger partial charge in [0.15, 0.2) is 0 Å². The largest absolute Gasteiger partial charge is 0.481 e. The zero-order valence-electron chi connectivity index (χ0n) is 15.4. The van der Waals surface area contributed by atoms with Crippen molar-refractivity contribution < 1.29 is 24.2 Å². The molecule has 2 aliphatic heterocycles. The van der Waals surface area contributed by atoms with Gasteiger partial charge in [0.1, 0.15) is 29.6 Å². The Hall–Kier alpha value is -3.01. The maximum absolute atomic E-state index is 12.7. The number of fused-ring (bicyclic) bond motifs is 2. The van der Waals surface area contributed by atoms with E-state index in [1.165, 1.54) is 16.8 Å². The average molecular weight is 387 g/mol. The zero-order chi connectivity index (χ0) is 19.9. The summed E-state index contributed by atoms with van der Waals surface area (Å²) in [4.78, 5) is 41.3. The summed E-state index contributed by atoms with van der Waals surface area (Å²) in [6.07, 6.45) is 0. The summed E-state index contributed by atoms with van der Waals surface area (Å²) >= 11 is 0. The third kappa shape index (κ3) is 2.99. The lowest BCUT2D eigenvalue weighted by Crippen LogP contribution is -2.44. The summed E-state index contributed by atoms with van der Waals surface area (Å²) in [5.41, 5.74) is 0.257. The molecule has 4 rings (SSSR count). The van der Waals surface area contributed by atoms with Crippen molar-refractivity contribution in [2.75, 3.05) is 39.9 Å². The van der Waals surface area contributed by atoms with Gasteiger partial charge in [-0.05, 0) is 12.1 Å². The Labute approximate surface area is 160 Å². The first-order valence-electron chi connectivity index (χ1n) is 9.01. The van der Waals surface area contributed by atoms with Crippen LogP contribution in [0, 0.1) is 11.3 Å². The molecule has 10 heteroatoms. The van der Waals surface area contributed by atoms with Crippen LogP contribution in [0.15, 0.2) is 24.3 Å². The van der Waals surface area contributed by atoms with Crippen LogP contribution >= 0.6 is 0 Å². The number of benzene rings is 1. The number of hydrogen-bond acceptors (Lipinski definition) is 6. The Balaban J connectivity index is 1.47. The van der Waals surface area contributed by atoms with Crippen LogP contribution in [-0.4, -0.2) is 87.6 Å².